The van der Waals surface area contributed by atoms with Crippen LogP contribution in [0.25, 0.3) is 0 Å². The highest BCUT2D eigenvalue weighted by Gasteiger charge is 2.04. The Balaban J connectivity index is 2.15. The van der Waals surface area contributed by atoms with E-state index in [2.05, 4.69) is 32.2 Å². The quantitative estimate of drug-likeness (QED) is 0.834. The Morgan fingerprint density at radius 1 is 1.28 bits per heavy atom. The Bertz CT molecular complexity index is 503. The zero-order chi connectivity index (χ0) is 12.8. The second kappa shape index (κ2) is 6.30. The monoisotopic (exact) mass is 261 g/mol. The lowest BCUT2D eigenvalue weighted by Crippen LogP contribution is -2.05. The van der Waals surface area contributed by atoms with Gasteiger partial charge in [-0.25, -0.2) is 19.9 Å². The van der Waals surface area contributed by atoms with Crippen molar-refractivity contribution >= 4 is 17.7 Å². The van der Waals surface area contributed by atoms with Gasteiger partial charge in [0.2, 0.25) is 5.95 Å². The van der Waals surface area contributed by atoms with Crippen molar-refractivity contribution in [1.82, 2.24) is 19.9 Å². The van der Waals surface area contributed by atoms with E-state index >= 15 is 0 Å². The molecule has 0 saturated carbocycles. The van der Waals surface area contributed by atoms with Crippen LogP contribution in [0.3, 0.4) is 0 Å². The molecule has 18 heavy (non-hydrogen) atoms. The number of hydrogen-bond acceptors (Lipinski definition) is 6. The standard InChI is InChI=1S/C12H15N5S/c1-3-5-14-12-16-9(2)7-11(17-12)18-10-4-6-13-8-15-10/h4,6-8H,3,5H2,1-2H3,(H,14,16,17). The van der Waals surface area contributed by atoms with Gasteiger partial charge in [-0.2, -0.15) is 0 Å². The molecule has 5 nitrogen and oxygen atoms in total. The Labute approximate surface area is 110 Å². The van der Waals surface area contributed by atoms with Gasteiger partial charge in [0.05, 0.1) is 0 Å². The molecule has 1 N–H and O–H groups in total. The van der Waals surface area contributed by atoms with Gasteiger partial charge in [0.15, 0.2) is 0 Å². The lowest BCUT2D eigenvalue weighted by atomic mass is 10.4. The molecule has 0 fully saturated rings. The molecular weight excluding hydrogens is 246 g/mol. The van der Waals surface area contributed by atoms with Gasteiger partial charge in [-0.3, -0.25) is 0 Å². The third-order valence-electron chi connectivity index (χ3n) is 2.13. The van der Waals surface area contributed by atoms with Crippen LogP contribution in [0.2, 0.25) is 0 Å². The first-order chi connectivity index (χ1) is 8.78. The van der Waals surface area contributed by atoms with Crippen LogP contribution >= 0.6 is 11.8 Å². The molecule has 0 aromatic carbocycles. The molecule has 0 atom stereocenters. The van der Waals surface area contributed by atoms with E-state index in [1.165, 1.54) is 18.1 Å². The molecule has 0 radical (unpaired) electrons. The highest BCUT2D eigenvalue weighted by atomic mass is 32.2. The average Bonchev–Trinajstić information content (AvgIpc) is 2.37. The maximum Gasteiger partial charge on any atom is 0.223 e. The van der Waals surface area contributed by atoms with Gasteiger partial charge in [0.1, 0.15) is 16.4 Å². The highest BCUT2D eigenvalue weighted by molar-refractivity contribution is 7.99. The van der Waals surface area contributed by atoms with Crippen molar-refractivity contribution in [3.05, 3.63) is 30.4 Å². The first-order valence-corrected chi connectivity index (χ1v) is 6.63. The molecule has 2 heterocycles. The Morgan fingerprint density at radius 3 is 2.89 bits per heavy atom. The molecule has 0 bridgehead atoms. The van der Waals surface area contributed by atoms with Gasteiger partial charge in [0.25, 0.3) is 0 Å². The van der Waals surface area contributed by atoms with E-state index in [-0.39, 0.29) is 0 Å². The molecule has 0 saturated heterocycles. The predicted octanol–water partition coefficient (Wildman–Crippen LogP) is 2.55. The van der Waals surface area contributed by atoms with Crippen LogP contribution < -0.4 is 5.32 Å². The van der Waals surface area contributed by atoms with Gasteiger partial charge in [-0.15, -0.1) is 0 Å². The molecule has 0 spiro atoms. The summed E-state index contributed by atoms with van der Waals surface area (Å²) in [7, 11) is 0. The molecule has 0 aliphatic heterocycles. The lowest BCUT2D eigenvalue weighted by molar-refractivity contribution is 0.923. The predicted molar refractivity (Wildman–Crippen MR) is 71.7 cm³/mol. The number of aromatic nitrogens is 4. The van der Waals surface area contributed by atoms with Gasteiger partial charge in [0, 0.05) is 18.4 Å². The van der Waals surface area contributed by atoms with E-state index in [9.17, 15) is 0 Å². The topological polar surface area (TPSA) is 63.6 Å². The van der Waals surface area contributed by atoms with E-state index in [0.29, 0.717) is 5.95 Å². The molecule has 0 aliphatic rings. The van der Waals surface area contributed by atoms with Crippen molar-refractivity contribution in [2.24, 2.45) is 0 Å². The van der Waals surface area contributed by atoms with E-state index in [4.69, 9.17) is 0 Å². The molecule has 0 aliphatic carbocycles. The fourth-order valence-corrected chi connectivity index (χ4v) is 2.16. The molecule has 0 unspecified atom stereocenters. The van der Waals surface area contributed by atoms with Crippen LogP contribution in [0.5, 0.6) is 0 Å². The largest absolute Gasteiger partial charge is 0.354 e. The smallest absolute Gasteiger partial charge is 0.223 e. The molecule has 2 aromatic rings. The summed E-state index contributed by atoms with van der Waals surface area (Å²) in [6.45, 7) is 4.95. The van der Waals surface area contributed by atoms with Crippen molar-refractivity contribution in [2.75, 3.05) is 11.9 Å². The summed E-state index contributed by atoms with van der Waals surface area (Å²) in [5.74, 6) is 0.674. The van der Waals surface area contributed by atoms with Gasteiger partial charge < -0.3 is 5.32 Å². The molecule has 6 heteroatoms. The third-order valence-corrected chi connectivity index (χ3v) is 3.00. The van der Waals surface area contributed by atoms with Crippen LogP contribution in [-0.2, 0) is 0 Å². The van der Waals surface area contributed by atoms with Crippen LogP contribution in [0.1, 0.15) is 19.0 Å². The Morgan fingerprint density at radius 2 is 2.17 bits per heavy atom. The molecule has 2 aromatic heterocycles. The number of rotatable bonds is 5. The van der Waals surface area contributed by atoms with E-state index in [1.807, 2.05) is 19.1 Å². The minimum Gasteiger partial charge on any atom is -0.354 e. The third kappa shape index (κ3) is 3.66. The second-order valence-corrected chi connectivity index (χ2v) is 4.79. The minimum atomic E-state index is 0.674. The van der Waals surface area contributed by atoms with Crippen molar-refractivity contribution in [3.8, 4) is 0 Å². The number of nitrogens with one attached hydrogen (secondary N) is 1. The summed E-state index contributed by atoms with van der Waals surface area (Å²) in [4.78, 5) is 16.9. The van der Waals surface area contributed by atoms with E-state index in [1.54, 1.807) is 6.20 Å². The summed E-state index contributed by atoms with van der Waals surface area (Å²) in [5, 5.41) is 4.96. The summed E-state index contributed by atoms with van der Waals surface area (Å²) in [6, 6.07) is 3.81. The molecular formula is C12H15N5S. The van der Waals surface area contributed by atoms with Gasteiger partial charge in [-0.05, 0) is 37.2 Å². The molecule has 2 rings (SSSR count). The Hall–Kier alpha value is -1.69. The zero-order valence-electron chi connectivity index (χ0n) is 10.4. The van der Waals surface area contributed by atoms with Gasteiger partial charge >= 0.3 is 0 Å². The molecule has 94 valence electrons. The first-order valence-electron chi connectivity index (χ1n) is 5.81. The fourth-order valence-electron chi connectivity index (χ4n) is 1.35. The molecule has 0 amide bonds. The Kier molecular flexibility index (Phi) is 4.46. The van der Waals surface area contributed by atoms with Gasteiger partial charge in [-0.1, -0.05) is 6.92 Å². The average molecular weight is 261 g/mol. The maximum atomic E-state index is 4.45. The number of hydrogen-bond donors (Lipinski definition) is 1. The van der Waals surface area contributed by atoms with Crippen molar-refractivity contribution < 1.29 is 0 Å². The van der Waals surface area contributed by atoms with Crippen LogP contribution in [0, 0.1) is 6.92 Å². The summed E-state index contributed by atoms with van der Waals surface area (Å²) >= 11 is 1.51. The summed E-state index contributed by atoms with van der Waals surface area (Å²) in [6.07, 6.45) is 4.30. The van der Waals surface area contributed by atoms with Crippen LogP contribution in [0.15, 0.2) is 34.7 Å². The van der Waals surface area contributed by atoms with Crippen LogP contribution in [-0.4, -0.2) is 26.5 Å². The number of nitrogens with zero attached hydrogens (tertiary/aromatic N) is 4. The maximum absolute atomic E-state index is 4.45. The fraction of sp³-hybridized carbons (Fsp3) is 0.333. The summed E-state index contributed by atoms with van der Waals surface area (Å²) < 4.78 is 0. The van der Waals surface area contributed by atoms with Crippen LogP contribution in [0.4, 0.5) is 5.95 Å². The summed E-state index contributed by atoms with van der Waals surface area (Å²) in [5.41, 5.74) is 0.945. The zero-order valence-corrected chi connectivity index (χ0v) is 11.2. The van der Waals surface area contributed by atoms with Crippen molar-refractivity contribution in [2.45, 2.75) is 30.3 Å². The normalized spacial score (nSPS) is 10.3. The minimum absolute atomic E-state index is 0.674. The first kappa shape index (κ1) is 12.8. The van der Waals surface area contributed by atoms with E-state index < -0.39 is 0 Å². The number of aryl methyl sites for hydroxylation is 1. The van der Waals surface area contributed by atoms with Crippen molar-refractivity contribution in [1.29, 1.82) is 0 Å². The SMILES string of the molecule is CCCNc1nc(C)cc(Sc2ccncn2)n1. The highest BCUT2D eigenvalue weighted by Crippen LogP contribution is 2.24. The lowest BCUT2D eigenvalue weighted by Gasteiger charge is -2.06. The number of anilines is 1. The van der Waals surface area contributed by atoms with E-state index in [0.717, 1.165) is 28.7 Å². The van der Waals surface area contributed by atoms with Crippen molar-refractivity contribution in [3.63, 3.8) is 0 Å². The second-order valence-electron chi connectivity index (χ2n) is 3.75.